The number of furan rings is 1. The fourth-order valence-corrected chi connectivity index (χ4v) is 2.21. The smallest absolute Gasteiger partial charge is 0.245 e. The number of halogens is 1. The van der Waals surface area contributed by atoms with Crippen molar-refractivity contribution in [1.29, 1.82) is 0 Å². The number of carbonyl (C=O) groups is 1. The van der Waals surface area contributed by atoms with Crippen LogP contribution in [0.25, 0.3) is 0 Å². The van der Waals surface area contributed by atoms with Gasteiger partial charge in [-0.05, 0) is 34.5 Å². The van der Waals surface area contributed by atoms with E-state index in [-0.39, 0.29) is 12.5 Å². The number of amides is 1. The summed E-state index contributed by atoms with van der Waals surface area (Å²) < 4.78 is 11.2. The molecule has 1 fully saturated rings. The van der Waals surface area contributed by atoms with Gasteiger partial charge in [0.15, 0.2) is 4.67 Å². The van der Waals surface area contributed by atoms with E-state index in [1.54, 1.807) is 18.0 Å². The van der Waals surface area contributed by atoms with Gasteiger partial charge >= 0.3 is 0 Å². The van der Waals surface area contributed by atoms with Crippen LogP contribution in [0.4, 0.5) is 0 Å². The summed E-state index contributed by atoms with van der Waals surface area (Å²) in [7, 11) is 1.71. The minimum atomic E-state index is -0.876. The molecule has 1 aliphatic rings. The molecule has 6 heteroatoms. The summed E-state index contributed by atoms with van der Waals surface area (Å²) in [5.74, 6) is 0.609. The molecule has 5 nitrogen and oxygen atoms in total. The van der Waals surface area contributed by atoms with Gasteiger partial charge in [-0.1, -0.05) is 0 Å². The van der Waals surface area contributed by atoms with Crippen LogP contribution in [-0.4, -0.2) is 36.6 Å². The molecule has 1 aromatic rings. The highest BCUT2D eigenvalue weighted by Crippen LogP contribution is 2.20. The molecule has 94 valence electrons. The number of likely N-dealkylation sites (N-methyl/N-ethyl adjacent to an activating group) is 1. The molecule has 2 heterocycles. The molecule has 1 aliphatic heterocycles. The molecule has 0 aromatic carbocycles. The molecule has 1 aromatic heterocycles. The summed E-state index contributed by atoms with van der Waals surface area (Å²) in [6.07, 6.45) is 0.567. The van der Waals surface area contributed by atoms with E-state index in [0.717, 1.165) is 5.76 Å². The molecule has 0 saturated carbocycles. The summed E-state index contributed by atoms with van der Waals surface area (Å²) >= 11 is 3.22. The van der Waals surface area contributed by atoms with Crippen LogP contribution in [0.2, 0.25) is 0 Å². The van der Waals surface area contributed by atoms with Crippen molar-refractivity contribution < 1.29 is 13.9 Å². The van der Waals surface area contributed by atoms with Gasteiger partial charge in [0.1, 0.15) is 11.3 Å². The third-order valence-corrected chi connectivity index (χ3v) is 3.27. The first-order valence-electron chi connectivity index (χ1n) is 5.38. The zero-order valence-electron chi connectivity index (χ0n) is 9.61. The Morgan fingerprint density at radius 3 is 2.94 bits per heavy atom. The van der Waals surface area contributed by atoms with Gasteiger partial charge in [-0.25, -0.2) is 0 Å². The standard InChI is InChI=1S/C11H15BrN2O3/c1-14(6-8-2-3-9(12)17-8)10(15)11(13)4-5-16-7-11/h2-3H,4-7,13H2,1H3. The van der Waals surface area contributed by atoms with Crippen molar-refractivity contribution in [2.24, 2.45) is 5.73 Å². The van der Waals surface area contributed by atoms with Crippen LogP contribution in [0.1, 0.15) is 12.2 Å². The van der Waals surface area contributed by atoms with Crippen LogP contribution in [-0.2, 0) is 16.1 Å². The Bertz CT molecular complexity index is 413. The van der Waals surface area contributed by atoms with E-state index >= 15 is 0 Å². The van der Waals surface area contributed by atoms with E-state index in [2.05, 4.69) is 15.9 Å². The number of nitrogens with zero attached hydrogens (tertiary/aromatic N) is 1. The first kappa shape index (κ1) is 12.6. The van der Waals surface area contributed by atoms with Crippen molar-refractivity contribution in [1.82, 2.24) is 4.90 Å². The Morgan fingerprint density at radius 1 is 1.65 bits per heavy atom. The Kier molecular flexibility index (Phi) is 3.56. The first-order chi connectivity index (χ1) is 8.01. The first-order valence-corrected chi connectivity index (χ1v) is 6.17. The van der Waals surface area contributed by atoms with Crippen LogP contribution in [0.15, 0.2) is 21.2 Å². The van der Waals surface area contributed by atoms with Gasteiger partial charge in [0.2, 0.25) is 5.91 Å². The van der Waals surface area contributed by atoms with E-state index in [0.29, 0.717) is 24.2 Å². The zero-order valence-corrected chi connectivity index (χ0v) is 11.2. The molecule has 0 aliphatic carbocycles. The fraction of sp³-hybridized carbons (Fsp3) is 0.545. The molecule has 1 saturated heterocycles. The molecule has 0 radical (unpaired) electrons. The van der Waals surface area contributed by atoms with Gasteiger partial charge in [0, 0.05) is 13.7 Å². The highest BCUT2D eigenvalue weighted by molar-refractivity contribution is 9.10. The normalized spacial score (nSPS) is 23.9. The van der Waals surface area contributed by atoms with Gasteiger partial charge in [-0.3, -0.25) is 4.79 Å². The van der Waals surface area contributed by atoms with Crippen molar-refractivity contribution in [3.8, 4) is 0 Å². The SMILES string of the molecule is CN(Cc1ccc(Br)o1)C(=O)C1(N)CCOC1. The third kappa shape index (κ3) is 2.70. The predicted molar refractivity (Wildman–Crippen MR) is 65.2 cm³/mol. The Labute approximate surface area is 108 Å². The minimum Gasteiger partial charge on any atom is -0.452 e. The largest absolute Gasteiger partial charge is 0.452 e. The Hall–Kier alpha value is -0.850. The van der Waals surface area contributed by atoms with Crippen LogP contribution in [0, 0.1) is 0 Å². The number of ether oxygens (including phenoxy) is 1. The van der Waals surface area contributed by atoms with E-state index < -0.39 is 5.54 Å². The van der Waals surface area contributed by atoms with Crippen molar-refractivity contribution in [3.63, 3.8) is 0 Å². The van der Waals surface area contributed by atoms with Gasteiger partial charge in [0.05, 0.1) is 13.2 Å². The van der Waals surface area contributed by atoms with E-state index in [1.165, 1.54) is 0 Å². The molecule has 0 spiro atoms. The van der Waals surface area contributed by atoms with Crippen molar-refractivity contribution in [2.75, 3.05) is 20.3 Å². The Balaban J connectivity index is 2.00. The molecule has 1 amide bonds. The highest BCUT2D eigenvalue weighted by Gasteiger charge is 2.40. The average Bonchev–Trinajstić information content (AvgIpc) is 2.88. The number of rotatable bonds is 3. The summed E-state index contributed by atoms with van der Waals surface area (Å²) in [6.45, 7) is 1.24. The maximum absolute atomic E-state index is 12.1. The van der Waals surface area contributed by atoms with Crippen LogP contribution < -0.4 is 5.73 Å². The van der Waals surface area contributed by atoms with Gasteiger partial charge in [0.25, 0.3) is 0 Å². The van der Waals surface area contributed by atoms with Crippen LogP contribution in [0.3, 0.4) is 0 Å². The van der Waals surface area contributed by atoms with E-state index in [4.69, 9.17) is 14.9 Å². The molecular formula is C11H15BrN2O3. The lowest BCUT2D eigenvalue weighted by molar-refractivity contribution is -0.136. The second kappa shape index (κ2) is 4.80. The lowest BCUT2D eigenvalue weighted by atomic mass is 9.98. The predicted octanol–water partition coefficient (Wildman–Crippen LogP) is 1.12. The lowest BCUT2D eigenvalue weighted by Crippen LogP contribution is -2.54. The maximum atomic E-state index is 12.1. The minimum absolute atomic E-state index is 0.109. The van der Waals surface area contributed by atoms with Gasteiger partial charge in [-0.15, -0.1) is 0 Å². The van der Waals surface area contributed by atoms with E-state index in [9.17, 15) is 4.79 Å². The molecule has 2 rings (SSSR count). The van der Waals surface area contributed by atoms with Crippen LogP contribution >= 0.6 is 15.9 Å². The molecule has 1 atom stereocenters. The number of carbonyl (C=O) groups excluding carboxylic acids is 1. The third-order valence-electron chi connectivity index (χ3n) is 2.85. The van der Waals surface area contributed by atoms with Crippen molar-refractivity contribution in [2.45, 2.75) is 18.5 Å². The summed E-state index contributed by atoms with van der Waals surface area (Å²) in [5.41, 5.74) is 5.13. The second-order valence-corrected chi connectivity index (χ2v) is 5.11. The van der Waals surface area contributed by atoms with Crippen molar-refractivity contribution >= 4 is 21.8 Å². The average molecular weight is 303 g/mol. The summed E-state index contributed by atoms with van der Waals surface area (Å²) in [6, 6.07) is 3.62. The second-order valence-electron chi connectivity index (χ2n) is 4.33. The molecule has 17 heavy (non-hydrogen) atoms. The van der Waals surface area contributed by atoms with Gasteiger partial charge < -0.3 is 19.8 Å². The summed E-state index contributed by atoms with van der Waals surface area (Å²) in [5, 5.41) is 0. The van der Waals surface area contributed by atoms with Crippen molar-refractivity contribution in [3.05, 3.63) is 22.6 Å². The number of hydrogen-bond acceptors (Lipinski definition) is 4. The van der Waals surface area contributed by atoms with Crippen LogP contribution in [0.5, 0.6) is 0 Å². The quantitative estimate of drug-likeness (QED) is 0.908. The summed E-state index contributed by atoms with van der Waals surface area (Å²) in [4.78, 5) is 13.7. The zero-order chi connectivity index (χ0) is 12.5. The number of nitrogens with two attached hydrogens (primary N) is 1. The Morgan fingerprint density at radius 2 is 2.41 bits per heavy atom. The fourth-order valence-electron chi connectivity index (χ4n) is 1.87. The van der Waals surface area contributed by atoms with Gasteiger partial charge in [-0.2, -0.15) is 0 Å². The molecule has 0 bridgehead atoms. The highest BCUT2D eigenvalue weighted by atomic mass is 79.9. The van der Waals surface area contributed by atoms with E-state index in [1.807, 2.05) is 6.07 Å². The topological polar surface area (TPSA) is 68.7 Å². The number of hydrogen-bond donors (Lipinski definition) is 1. The molecule has 2 N–H and O–H groups in total. The maximum Gasteiger partial charge on any atom is 0.245 e. The lowest BCUT2D eigenvalue weighted by Gasteiger charge is -2.26. The monoisotopic (exact) mass is 302 g/mol. The molecular weight excluding hydrogens is 288 g/mol. The molecule has 1 unspecified atom stereocenters.